The molecule has 1 aliphatic carbocycles. The third-order valence-corrected chi connectivity index (χ3v) is 3.82. The Morgan fingerprint density at radius 1 is 1.35 bits per heavy atom. The Balaban J connectivity index is 1.89. The van der Waals surface area contributed by atoms with Gasteiger partial charge in [-0.25, -0.2) is 0 Å². The van der Waals surface area contributed by atoms with Crippen LogP contribution >= 0.6 is 0 Å². The fraction of sp³-hybridized carbons (Fsp3) is 0.562. The van der Waals surface area contributed by atoms with Gasteiger partial charge in [0.15, 0.2) is 6.10 Å². The molecule has 1 aromatic carbocycles. The van der Waals surface area contributed by atoms with E-state index in [0.29, 0.717) is 17.5 Å². The van der Waals surface area contributed by atoms with E-state index in [-0.39, 0.29) is 5.91 Å². The molecule has 110 valence electrons. The van der Waals surface area contributed by atoms with E-state index in [0.717, 1.165) is 18.4 Å². The molecule has 1 unspecified atom stereocenters. The largest absolute Gasteiger partial charge is 0.481 e. The number of amides is 1. The van der Waals surface area contributed by atoms with Crippen LogP contribution in [0.2, 0.25) is 0 Å². The first-order valence-corrected chi connectivity index (χ1v) is 7.39. The average molecular weight is 276 g/mol. The molecule has 1 fully saturated rings. The highest BCUT2D eigenvalue weighted by molar-refractivity contribution is 5.81. The van der Waals surface area contributed by atoms with Crippen LogP contribution in [0.25, 0.3) is 0 Å². The molecule has 0 aliphatic heterocycles. The SMILES string of the molecule is Cc1cc(N)ccc1OC(C)C(=O)NC1CCCCC1. The van der Waals surface area contributed by atoms with Gasteiger partial charge in [-0.3, -0.25) is 4.79 Å². The number of benzene rings is 1. The van der Waals surface area contributed by atoms with Gasteiger partial charge in [0.1, 0.15) is 5.75 Å². The quantitative estimate of drug-likeness (QED) is 0.831. The van der Waals surface area contributed by atoms with Crippen molar-refractivity contribution in [2.45, 2.75) is 58.1 Å². The second-order valence-corrected chi connectivity index (χ2v) is 5.63. The number of nitrogens with two attached hydrogens (primary N) is 1. The number of aryl methyl sites for hydroxylation is 1. The maximum Gasteiger partial charge on any atom is 0.260 e. The van der Waals surface area contributed by atoms with Crippen LogP contribution in [-0.2, 0) is 4.79 Å². The van der Waals surface area contributed by atoms with Crippen LogP contribution < -0.4 is 15.8 Å². The van der Waals surface area contributed by atoms with Crippen LogP contribution in [0.4, 0.5) is 5.69 Å². The number of hydrogen-bond donors (Lipinski definition) is 2. The van der Waals surface area contributed by atoms with Gasteiger partial charge >= 0.3 is 0 Å². The van der Waals surface area contributed by atoms with E-state index < -0.39 is 6.10 Å². The van der Waals surface area contributed by atoms with Gasteiger partial charge < -0.3 is 15.8 Å². The Kier molecular flexibility index (Phi) is 4.88. The van der Waals surface area contributed by atoms with Crippen LogP contribution in [0.5, 0.6) is 5.75 Å². The standard InChI is InChI=1S/C16H24N2O2/c1-11-10-13(17)8-9-15(11)20-12(2)16(19)18-14-6-4-3-5-7-14/h8-10,12,14H,3-7,17H2,1-2H3,(H,18,19). The number of rotatable bonds is 4. The number of hydrogen-bond acceptors (Lipinski definition) is 3. The minimum atomic E-state index is -0.487. The van der Waals surface area contributed by atoms with Crippen LogP contribution in [-0.4, -0.2) is 18.1 Å². The van der Waals surface area contributed by atoms with Gasteiger partial charge in [-0.15, -0.1) is 0 Å². The normalized spacial score (nSPS) is 17.5. The average Bonchev–Trinajstić information content (AvgIpc) is 2.43. The zero-order valence-electron chi connectivity index (χ0n) is 12.3. The summed E-state index contributed by atoms with van der Waals surface area (Å²) in [5.41, 5.74) is 7.36. The molecule has 4 nitrogen and oxygen atoms in total. The molecular weight excluding hydrogens is 252 g/mol. The molecule has 1 amide bonds. The predicted molar refractivity (Wildman–Crippen MR) is 80.7 cm³/mol. The minimum absolute atomic E-state index is 0.0341. The molecule has 3 N–H and O–H groups in total. The van der Waals surface area contributed by atoms with Crippen LogP contribution in [0, 0.1) is 6.92 Å². The van der Waals surface area contributed by atoms with Crippen molar-refractivity contribution in [3.8, 4) is 5.75 Å². The molecule has 0 heterocycles. The zero-order chi connectivity index (χ0) is 14.5. The summed E-state index contributed by atoms with van der Waals surface area (Å²) in [7, 11) is 0. The molecule has 1 atom stereocenters. The summed E-state index contributed by atoms with van der Waals surface area (Å²) in [5.74, 6) is 0.679. The van der Waals surface area contributed by atoms with Gasteiger partial charge in [0, 0.05) is 11.7 Å². The summed E-state index contributed by atoms with van der Waals surface area (Å²) >= 11 is 0. The number of nitrogens with one attached hydrogen (secondary N) is 1. The summed E-state index contributed by atoms with van der Waals surface area (Å²) in [4.78, 5) is 12.1. The van der Waals surface area contributed by atoms with Crippen molar-refractivity contribution in [3.05, 3.63) is 23.8 Å². The van der Waals surface area contributed by atoms with E-state index in [4.69, 9.17) is 10.5 Å². The second kappa shape index (κ2) is 6.64. The van der Waals surface area contributed by atoms with E-state index >= 15 is 0 Å². The Labute approximate surface area is 120 Å². The number of carbonyl (C=O) groups excluding carboxylic acids is 1. The maximum atomic E-state index is 12.1. The molecule has 4 heteroatoms. The van der Waals surface area contributed by atoms with Crippen molar-refractivity contribution in [1.29, 1.82) is 0 Å². The lowest BCUT2D eigenvalue weighted by Gasteiger charge is -2.25. The van der Waals surface area contributed by atoms with Gasteiger partial charge in [-0.05, 0) is 50.5 Å². The van der Waals surface area contributed by atoms with Crippen molar-refractivity contribution in [2.75, 3.05) is 5.73 Å². The summed E-state index contributed by atoms with van der Waals surface area (Å²) in [5, 5.41) is 3.08. The first-order chi connectivity index (χ1) is 9.56. The lowest BCUT2D eigenvalue weighted by molar-refractivity contribution is -0.128. The number of carbonyl (C=O) groups is 1. The number of anilines is 1. The fourth-order valence-corrected chi connectivity index (χ4v) is 2.61. The van der Waals surface area contributed by atoms with E-state index in [9.17, 15) is 4.79 Å². The lowest BCUT2D eigenvalue weighted by atomic mass is 9.95. The molecule has 0 bridgehead atoms. The van der Waals surface area contributed by atoms with E-state index in [1.54, 1.807) is 13.0 Å². The van der Waals surface area contributed by atoms with Crippen molar-refractivity contribution < 1.29 is 9.53 Å². The van der Waals surface area contributed by atoms with Gasteiger partial charge in [0.05, 0.1) is 0 Å². The molecule has 0 spiro atoms. The number of nitrogen functional groups attached to an aromatic ring is 1. The third kappa shape index (κ3) is 3.89. The summed E-state index contributed by atoms with van der Waals surface area (Å²) in [6.07, 6.45) is 5.37. The summed E-state index contributed by atoms with van der Waals surface area (Å²) < 4.78 is 5.74. The minimum Gasteiger partial charge on any atom is -0.481 e. The Morgan fingerprint density at radius 2 is 2.05 bits per heavy atom. The Bertz CT molecular complexity index is 468. The van der Waals surface area contributed by atoms with E-state index in [1.807, 2.05) is 19.1 Å². The van der Waals surface area contributed by atoms with Crippen molar-refractivity contribution >= 4 is 11.6 Å². The highest BCUT2D eigenvalue weighted by Gasteiger charge is 2.21. The predicted octanol–water partition coefficient (Wildman–Crippen LogP) is 2.79. The van der Waals surface area contributed by atoms with Crippen molar-refractivity contribution in [2.24, 2.45) is 0 Å². The molecule has 0 radical (unpaired) electrons. The van der Waals surface area contributed by atoms with Crippen LogP contribution in [0.15, 0.2) is 18.2 Å². The fourth-order valence-electron chi connectivity index (χ4n) is 2.61. The van der Waals surface area contributed by atoms with Crippen LogP contribution in [0.3, 0.4) is 0 Å². The summed E-state index contributed by atoms with van der Waals surface area (Å²) in [6.45, 7) is 3.71. The lowest BCUT2D eigenvalue weighted by Crippen LogP contribution is -2.43. The maximum absolute atomic E-state index is 12.1. The van der Waals surface area contributed by atoms with E-state index in [1.165, 1.54) is 19.3 Å². The van der Waals surface area contributed by atoms with Crippen molar-refractivity contribution in [1.82, 2.24) is 5.32 Å². The van der Waals surface area contributed by atoms with Gasteiger partial charge in [-0.1, -0.05) is 19.3 Å². The molecule has 1 saturated carbocycles. The van der Waals surface area contributed by atoms with Gasteiger partial charge in [0.2, 0.25) is 0 Å². The van der Waals surface area contributed by atoms with Gasteiger partial charge in [-0.2, -0.15) is 0 Å². The smallest absolute Gasteiger partial charge is 0.260 e. The summed E-state index contributed by atoms with van der Waals surface area (Å²) in [6, 6.07) is 5.76. The molecular formula is C16H24N2O2. The van der Waals surface area contributed by atoms with Crippen LogP contribution in [0.1, 0.15) is 44.6 Å². The Hall–Kier alpha value is -1.71. The highest BCUT2D eigenvalue weighted by Crippen LogP contribution is 2.22. The topological polar surface area (TPSA) is 64.3 Å². The Morgan fingerprint density at radius 3 is 2.70 bits per heavy atom. The molecule has 1 aliphatic rings. The van der Waals surface area contributed by atoms with Gasteiger partial charge in [0.25, 0.3) is 5.91 Å². The molecule has 1 aromatic rings. The second-order valence-electron chi connectivity index (χ2n) is 5.63. The monoisotopic (exact) mass is 276 g/mol. The molecule has 0 saturated heterocycles. The number of ether oxygens (including phenoxy) is 1. The highest BCUT2D eigenvalue weighted by atomic mass is 16.5. The van der Waals surface area contributed by atoms with E-state index in [2.05, 4.69) is 5.32 Å². The first kappa shape index (κ1) is 14.7. The molecule has 20 heavy (non-hydrogen) atoms. The van der Waals surface area contributed by atoms with Crippen molar-refractivity contribution in [3.63, 3.8) is 0 Å². The molecule has 2 rings (SSSR count). The third-order valence-electron chi connectivity index (χ3n) is 3.82. The first-order valence-electron chi connectivity index (χ1n) is 7.39. The zero-order valence-corrected chi connectivity index (χ0v) is 12.3. The molecule has 0 aromatic heterocycles.